The Balaban J connectivity index is 3.45. The lowest BCUT2D eigenvalue weighted by molar-refractivity contribution is 0.0429. The molecule has 0 saturated carbocycles. The zero-order chi connectivity index (χ0) is 21.7. The minimum Gasteiger partial charge on any atom is -0.479 e. The number of amides is 2. The molecule has 1 N–H and O–H groups in total. The van der Waals surface area contributed by atoms with Crippen LogP contribution in [0.4, 0.5) is 19.7 Å². The van der Waals surface area contributed by atoms with E-state index < -0.39 is 29.2 Å². The van der Waals surface area contributed by atoms with E-state index in [0.717, 1.165) is 6.07 Å². The minimum absolute atomic E-state index is 0.0444. The highest BCUT2D eigenvalue weighted by Gasteiger charge is 2.35. The summed E-state index contributed by atoms with van der Waals surface area (Å²) in [6.45, 7) is 9.66. The van der Waals surface area contributed by atoms with Gasteiger partial charge in [0.1, 0.15) is 22.7 Å². The highest BCUT2D eigenvalue weighted by molar-refractivity contribution is 6.10. The van der Waals surface area contributed by atoms with Gasteiger partial charge in [-0.1, -0.05) is 0 Å². The molecule has 0 atom stereocenters. The molecular weight excluding hydrogens is 371 g/mol. The zero-order valence-corrected chi connectivity index (χ0v) is 17.5. The topological polar surface area (TPSA) is 98.2 Å². The number of anilines is 1. The van der Waals surface area contributed by atoms with Crippen molar-refractivity contribution in [2.75, 3.05) is 18.6 Å². The van der Waals surface area contributed by atoms with E-state index in [1.807, 2.05) is 0 Å². The SMILES string of the molecule is COc1nc(CCCO)c(F)cc1N(C(=O)OC(C)(C)C)C(=O)OC(C)(C)C. The average molecular weight is 400 g/mol. The fourth-order valence-electron chi connectivity index (χ4n) is 2.12. The summed E-state index contributed by atoms with van der Waals surface area (Å²) in [6.07, 6.45) is -1.64. The number of nitrogens with zero attached hydrogens (tertiary/aromatic N) is 2. The summed E-state index contributed by atoms with van der Waals surface area (Å²) in [5.74, 6) is -0.896. The van der Waals surface area contributed by atoms with E-state index in [1.165, 1.54) is 7.11 Å². The predicted octanol–water partition coefficient (Wildman–Crippen LogP) is 3.83. The lowest BCUT2D eigenvalue weighted by Crippen LogP contribution is -2.44. The standard InChI is InChI=1S/C19H29FN2O6/c1-18(2,3)27-16(24)22(17(25)28-19(4,5)6)14-11-12(20)13(9-8-10-23)21-15(14)26-7/h11,23H,8-10H2,1-7H3. The molecule has 9 heteroatoms. The Morgan fingerprint density at radius 1 is 1.11 bits per heavy atom. The Kier molecular flexibility index (Phi) is 7.75. The fourth-order valence-corrected chi connectivity index (χ4v) is 2.12. The van der Waals surface area contributed by atoms with Gasteiger partial charge in [-0.25, -0.2) is 19.0 Å². The van der Waals surface area contributed by atoms with Crippen LogP contribution in [0.5, 0.6) is 5.88 Å². The van der Waals surface area contributed by atoms with Crippen LogP contribution in [0.25, 0.3) is 0 Å². The van der Waals surface area contributed by atoms with E-state index in [0.29, 0.717) is 11.3 Å². The number of ether oxygens (including phenoxy) is 3. The second kappa shape index (κ2) is 9.18. The molecule has 0 saturated heterocycles. The van der Waals surface area contributed by atoms with Crippen molar-refractivity contribution in [3.63, 3.8) is 0 Å². The Hall–Kier alpha value is -2.42. The van der Waals surface area contributed by atoms with E-state index in [1.54, 1.807) is 41.5 Å². The van der Waals surface area contributed by atoms with Gasteiger partial charge >= 0.3 is 12.2 Å². The molecule has 0 bridgehead atoms. The Bertz CT molecular complexity index is 682. The van der Waals surface area contributed by atoms with Crippen LogP contribution in [-0.4, -0.2) is 47.2 Å². The van der Waals surface area contributed by atoms with Crippen LogP contribution in [0.1, 0.15) is 53.7 Å². The molecule has 1 aromatic rings. The number of methoxy groups -OCH3 is 1. The minimum atomic E-state index is -1.05. The molecule has 0 fully saturated rings. The second-order valence-electron chi connectivity index (χ2n) is 8.07. The van der Waals surface area contributed by atoms with Gasteiger partial charge in [0.2, 0.25) is 5.88 Å². The number of halogens is 1. The highest BCUT2D eigenvalue weighted by Crippen LogP contribution is 2.31. The lowest BCUT2D eigenvalue weighted by Gasteiger charge is -2.29. The van der Waals surface area contributed by atoms with Crippen molar-refractivity contribution in [1.82, 2.24) is 4.98 Å². The first-order valence-corrected chi connectivity index (χ1v) is 8.89. The van der Waals surface area contributed by atoms with E-state index in [9.17, 15) is 14.0 Å². The molecular formula is C19H29FN2O6. The third kappa shape index (κ3) is 6.95. The predicted molar refractivity (Wildman–Crippen MR) is 101 cm³/mol. The summed E-state index contributed by atoms with van der Waals surface area (Å²) >= 11 is 0. The van der Waals surface area contributed by atoms with Gasteiger partial charge in [-0.05, 0) is 54.4 Å². The molecule has 28 heavy (non-hydrogen) atoms. The van der Waals surface area contributed by atoms with Crippen LogP contribution in [0.2, 0.25) is 0 Å². The van der Waals surface area contributed by atoms with E-state index >= 15 is 0 Å². The number of aliphatic hydroxyl groups excluding tert-OH is 1. The number of aliphatic hydroxyl groups is 1. The Morgan fingerprint density at radius 3 is 2.00 bits per heavy atom. The first kappa shape index (κ1) is 23.6. The van der Waals surface area contributed by atoms with Crippen LogP contribution in [0.15, 0.2) is 6.07 Å². The van der Waals surface area contributed by atoms with Gasteiger partial charge in [0.25, 0.3) is 0 Å². The van der Waals surface area contributed by atoms with Crippen molar-refractivity contribution in [2.45, 2.75) is 65.6 Å². The number of imide groups is 1. The third-order valence-electron chi connectivity index (χ3n) is 3.15. The average Bonchev–Trinajstić information content (AvgIpc) is 2.50. The molecule has 1 aromatic heterocycles. The normalized spacial score (nSPS) is 11.8. The molecule has 0 aliphatic rings. The van der Waals surface area contributed by atoms with Crippen LogP contribution in [0.3, 0.4) is 0 Å². The van der Waals surface area contributed by atoms with Gasteiger partial charge in [0.15, 0.2) is 0 Å². The molecule has 0 aromatic carbocycles. The number of pyridine rings is 1. The third-order valence-corrected chi connectivity index (χ3v) is 3.15. The molecule has 158 valence electrons. The van der Waals surface area contributed by atoms with Gasteiger partial charge in [-0.2, -0.15) is 4.90 Å². The maximum absolute atomic E-state index is 14.5. The monoisotopic (exact) mass is 400 g/mol. The van der Waals surface area contributed by atoms with Gasteiger partial charge in [0.05, 0.1) is 12.8 Å². The number of aromatic nitrogens is 1. The summed E-state index contributed by atoms with van der Waals surface area (Å²) in [6, 6.07) is 0.965. The molecule has 0 spiro atoms. The Morgan fingerprint density at radius 2 is 1.61 bits per heavy atom. The fraction of sp³-hybridized carbons (Fsp3) is 0.632. The summed E-state index contributed by atoms with van der Waals surface area (Å²) in [7, 11) is 1.28. The van der Waals surface area contributed by atoms with Crippen LogP contribution in [-0.2, 0) is 15.9 Å². The molecule has 0 unspecified atom stereocenters. The molecule has 0 aliphatic carbocycles. The van der Waals surface area contributed by atoms with Crippen molar-refractivity contribution in [1.29, 1.82) is 0 Å². The molecule has 8 nitrogen and oxygen atoms in total. The first-order chi connectivity index (χ1) is 12.8. The number of rotatable bonds is 5. The lowest BCUT2D eigenvalue weighted by atomic mass is 10.2. The number of hydrogen-bond acceptors (Lipinski definition) is 7. The van der Waals surface area contributed by atoms with Gasteiger partial charge in [0, 0.05) is 12.7 Å². The number of hydrogen-bond donors (Lipinski definition) is 1. The summed E-state index contributed by atoms with van der Waals surface area (Å²) in [4.78, 5) is 30.0. The van der Waals surface area contributed by atoms with E-state index in [-0.39, 0.29) is 30.3 Å². The van der Waals surface area contributed by atoms with Gasteiger partial charge < -0.3 is 19.3 Å². The maximum atomic E-state index is 14.5. The molecule has 1 rings (SSSR count). The number of carbonyl (C=O) groups excluding carboxylic acids is 2. The zero-order valence-electron chi connectivity index (χ0n) is 17.5. The first-order valence-electron chi connectivity index (χ1n) is 8.89. The second-order valence-corrected chi connectivity index (χ2v) is 8.07. The maximum Gasteiger partial charge on any atom is 0.424 e. The highest BCUT2D eigenvalue weighted by atomic mass is 19.1. The molecule has 2 amide bonds. The summed E-state index contributed by atoms with van der Waals surface area (Å²) in [5, 5.41) is 8.94. The van der Waals surface area contributed by atoms with Crippen LogP contribution in [0, 0.1) is 5.82 Å². The van der Waals surface area contributed by atoms with E-state index in [4.69, 9.17) is 19.3 Å². The van der Waals surface area contributed by atoms with Crippen molar-refractivity contribution in [3.05, 3.63) is 17.6 Å². The van der Waals surface area contributed by atoms with Crippen molar-refractivity contribution in [3.8, 4) is 5.88 Å². The summed E-state index contributed by atoms with van der Waals surface area (Å²) < 4.78 is 30.2. The van der Waals surface area contributed by atoms with Crippen LogP contribution >= 0.6 is 0 Å². The number of carbonyl (C=O) groups is 2. The number of aryl methyl sites for hydroxylation is 1. The van der Waals surface area contributed by atoms with Gasteiger partial charge in [-0.3, -0.25) is 0 Å². The Labute approximate surface area is 164 Å². The molecule has 0 aliphatic heterocycles. The van der Waals surface area contributed by atoms with Crippen molar-refractivity contribution < 1.29 is 33.3 Å². The van der Waals surface area contributed by atoms with Crippen LogP contribution < -0.4 is 9.64 Å². The quantitative estimate of drug-likeness (QED) is 0.802. The van der Waals surface area contributed by atoms with E-state index in [2.05, 4.69) is 4.98 Å². The largest absolute Gasteiger partial charge is 0.479 e. The van der Waals surface area contributed by atoms with Gasteiger partial charge in [-0.15, -0.1) is 0 Å². The summed E-state index contributed by atoms with van der Waals surface area (Å²) in [5.41, 5.74) is -2.01. The van der Waals surface area contributed by atoms with Crippen molar-refractivity contribution >= 4 is 17.9 Å². The molecule has 1 heterocycles. The smallest absolute Gasteiger partial charge is 0.424 e. The van der Waals surface area contributed by atoms with Crippen molar-refractivity contribution in [2.24, 2.45) is 0 Å². The molecule has 0 radical (unpaired) electrons.